The third-order valence-corrected chi connectivity index (χ3v) is 4.70. The van der Waals surface area contributed by atoms with E-state index in [4.69, 9.17) is 37.0 Å². The van der Waals surface area contributed by atoms with Gasteiger partial charge in [0, 0.05) is 5.92 Å². The molecule has 1 aliphatic rings. The Morgan fingerprint density at radius 1 is 1.07 bits per heavy atom. The summed E-state index contributed by atoms with van der Waals surface area (Å²) in [4.78, 5) is 3.89. The van der Waals surface area contributed by atoms with E-state index in [1.165, 1.54) is 30.6 Å². The van der Waals surface area contributed by atoms with Gasteiger partial charge in [0.15, 0.2) is 23.0 Å². The maximum atomic E-state index is 12.7. The molecule has 0 radical (unpaired) electrons. The van der Waals surface area contributed by atoms with Crippen molar-refractivity contribution in [2.24, 2.45) is 5.92 Å². The van der Waals surface area contributed by atoms with E-state index in [1.807, 2.05) is 0 Å². The summed E-state index contributed by atoms with van der Waals surface area (Å²) >= 11 is 11.0. The summed E-state index contributed by atoms with van der Waals surface area (Å²) < 4.78 is 45.2. The third kappa shape index (κ3) is 4.87. The highest BCUT2D eigenvalue weighted by atomic mass is 35.5. The number of alkyl halides is 2. The highest BCUT2D eigenvalue weighted by Crippen LogP contribution is 2.42. The second-order valence-corrected chi connectivity index (χ2v) is 6.59. The molecule has 1 aromatic carbocycles. The molecule has 1 fully saturated rings. The van der Waals surface area contributed by atoms with Gasteiger partial charge in [0.1, 0.15) is 23.7 Å². The molecule has 6 nitrogen and oxygen atoms in total. The van der Waals surface area contributed by atoms with Crippen molar-refractivity contribution in [2.45, 2.75) is 25.4 Å². The third-order valence-electron chi connectivity index (χ3n) is 4.37. The molecule has 0 aliphatic heterocycles. The molecule has 3 rings (SSSR count). The molecule has 1 heterocycles. The minimum Gasteiger partial charge on any atom is -0.489 e. The van der Waals surface area contributed by atoms with Crippen LogP contribution in [0, 0.1) is 5.92 Å². The van der Waals surface area contributed by atoms with Gasteiger partial charge < -0.3 is 23.2 Å². The van der Waals surface area contributed by atoms with Crippen LogP contribution in [0.3, 0.4) is 0 Å². The summed E-state index contributed by atoms with van der Waals surface area (Å²) in [5.41, 5.74) is 0.879. The van der Waals surface area contributed by atoms with Crippen LogP contribution in [-0.2, 0) is 0 Å². The van der Waals surface area contributed by atoms with Gasteiger partial charge in [-0.3, -0.25) is 4.98 Å². The lowest BCUT2D eigenvalue weighted by molar-refractivity contribution is -0.0515. The molecule has 1 aromatic heterocycles. The normalized spacial score (nSPS) is 14.6. The van der Waals surface area contributed by atoms with Crippen molar-refractivity contribution in [1.82, 2.24) is 4.98 Å². The molecule has 0 bridgehead atoms. The smallest absolute Gasteiger partial charge is 0.387 e. The highest BCUT2D eigenvalue weighted by Gasteiger charge is 2.27. The average Bonchev–Trinajstić information content (AvgIpc) is 3.52. The molecule has 0 spiro atoms. The van der Waals surface area contributed by atoms with Crippen LogP contribution in [-0.4, -0.2) is 29.9 Å². The number of hydrogen-bond acceptors (Lipinski definition) is 6. The van der Waals surface area contributed by atoms with Gasteiger partial charge in [-0.05, 0) is 36.5 Å². The summed E-state index contributed by atoms with van der Waals surface area (Å²) in [5, 5.41) is 10.00. The van der Waals surface area contributed by atoms with Crippen molar-refractivity contribution in [3.63, 3.8) is 0 Å². The fourth-order valence-corrected chi connectivity index (χ4v) is 3.05. The summed E-state index contributed by atoms with van der Waals surface area (Å²) in [6, 6.07) is 4.41. The maximum absolute atomic E-state index is 12.7. The van der Waals surface area contributed by atoms with E-state index in [1.54, 1.807) is 0 Å². The van der Waals surface area contributed by atoms with E-state index in [9.17, 15) is 13.9 Å². The Morgan fingerprint density at radius 2 is 1.75 bits per heavy atom. The quantitative estimate of drug-likeness (QED) is 0.584. The Labute approximate surface area is 170 Å². The van der Waals surface area contributed by atoms with Crippen molar-refractivity contribution in [1.29, 1.82) is 0 Å². The maximum Gasteiger partial charge on any atom is 0.387 e. The van der Waals surface area contributed by atoms with Gasteiger partial charge in [0.25, 0.3) is 0 Å². The minimum absolute atomic E-state index is 0.0894. The van der Waals surface area contributed by atoms with Crippen molar-refractivity contribution in [3.8, 4) is 23.0 Å². The number of halogens is 4. The molecular weight excluding hydrogens is 419 g/mol. The Balaban J connectivity index is 1.99. The van der Waals surface area contributed by atoms with Crippen molar-refractivity contribution < 1.29 is 31.9 Å². The van der Waals surface area contributed by atoms with Crippen molar-refractivity contribution in [3.05, 3.63) is 41.7 Å². The van der Waals surface area contributed by atoms with Gasteiger partial charge in [0.2, 0.25) is 0 Å². The number of ether oxygens (including phenoxy) is 2. The van der Waals surface area contributed by atoms with Crippen LogP contribution in [0.15, 0.2) is 30.6 Å². The Hall–Kier alpha value is -2.03. The standard InChI is InChI=1S/C18H17Cl2F2NO5/c19-27-15-6-23-7-16(28-20)17(15)12(8-24)11-3-4-13(26-18(21)22)14(5-11)25-9-10-1-2-10/h3-7,10,12,18,24H,1-2,8-9H2/t12-/m1/s1. The van der Waals surface area contributed by atoms with Crippen molar-refractivity contribution >= 4 is 23.7 Å². The van der Waals surface area contributed by atoms with E-state index in [-0.39, 0.29) is 29.6 Å². The van der Waals surface area contributed by atoms with E-state index < -0.39 is 12.5 Å². The first-order valence-corrected chi connectivity index (χ1v) is 9.06. The zero-order chi connectivity index (χ0) is 20.1. The monoisotopic (exact) mass is 435 g/mol. The molecule has 2 aromatic rings. The van der Waals surface area contributed by atoms with Crippen LogP contribution in [0.25, 0.3) is 0 Å². The van der Waals surface area contributed by atoms with Gasteiger partial charge in [-0.2, -0.15) is 8.78 Å². The number of nitrogens with zero attached hydrogens (tertiary/aromatic N) is 1. The molecular formula is C18H17Cl2F2NO5. The lowest BCUT2D eigenvalue weighted by Gasteiger charge is -2.20. The van der Waals surface area contributed by atoms with Crippen LogP contribution >= 0.6 is 23.7 Å². The second-order valence-electron chi connectivity index (χ2n) is 6.28. The predicted molar refractivity (Wildman–Crippen MR) is 97.4 cm³/mol. The molecule has 1 N–H and O–H groups in total. The lowest BCUT2D eigenvalue weighted by atomic mass is 9.91. The molecule has 0 unspecified atom stereocenters. The topological polar surface area (TPSA) is 70.0 Å². The van der Waals surface area contributed by atoms with Crippen LogP contribution in [0.4, 0.5) is 8.78 Å². The Morgan fingerprint density at radius 3 is 2.29 bits per heavy atom. The summed E-state index contributed by atoms with van der Waals surface area (Å²) in [7, 11) is 0. The van der Waals surface area contributed by atoms with Crippen LogP contribution < -0.4 is 18.1 Å². The number of aliphatic hydroxyl groups excluding tert-OH is 1. The molecule has 10 heteroatoms. The summed E-state index contributed by atoms with van der Waals surface area (Å²) in [6.07, 6.45) is 4.74. The Kier molecular flexibility index (Phi) is 6.98. The number of aromatic nitrogens is 1. The van der Waals surface area contributed by atoms with Crippen molar-refractivity contribution in [2.75, 3.05) is 13.2 Å². The minimum atomic E-state index is -2.99. The molecule has 152 valence electrons. The number of aliphatic hydroxyl groups is 1. The zero-order valence-electron chi connectivity index (χ0n) is 14.5. The lowest BCUT2D eigenvalue weighted by Crippen LogP contribution is -2.11. The fourth-order valence-electron chi connectivity index (χ4n) is 2.80. The Bertz CT molecular complexity index is 785. The number of hydrogen-bond donors (Lipinski definition) is 1. The molecule has 1 atom stereocenters. The van der Waals surface area contributed by atoms with Gasteiger partial charge in [-0.25, -0.2) is 0 Å². The summed E-state index contributed by atoms with van der Waals surface area (Å²) in [5.74, 6) is 0.0329. The van der Waals surface area contributed by atoms with E-state index >= 15 is 0 Å². The first kappa shape index (κ1) is 20.7. The van der Waals surface area contributed by atoms with E-state index in [0.717, 1.165) is 12.8 Å². The second kappa shape index (κ2) is 9.45. The average molecular weight is 436 g/mol. The van der Waals surface area contributed by atoms with E-state index in [2.05, 4.69) is 9.72 Å². The molecule has 0 amide bonds. The van der Waals surface area contributed by atoms with Gasteiger partial charge in [-0.1, -0.05) is 6.07 Å². The SMILES string of the molecule is OC[C@H](c1ccc(OC(F)F)c(OCC2CC2)c1)c1c(OCl)cncc1OCl. The highest BCUT2D eigenvalue weighted by molar-refractivity contribution is 6.10. The van der Waals surface area contributed by atoms with Gasteiger partial charge in [-0.15, -0.1) is 0 Å². The predicted octanol–water partition coefficient (Wildman–Crippen LogP) is 4.66. The zero-order valence-corrected chi connectivity index (χ0v) is 16.0. The first-order valence-electron chi connectivity index (χ1n) is 8.44. The number of rotatable bonds is 10. The van der Waals surface area contributed by atoms with Crippen LogP contribution in [0.2, 0.25) is 0 Å². The summed E-state index contributed by atoms with van der Waals surface area (Å²) in [6.45, 7) is -2.97. The number of benzene rings is 1. The molecule has 1 saturated carbocycles. The van der Waals surface area contributed by atoms with Gasteiger partial charge >= 0.3 is 6.61 Å². The van der Waals surface area contributed by atoms with E-state index in [0.29, 0.717) is 23.7 Å². The molecule has 28 heavy (non-hydrogen) atoms. The molecule has 0 saturated heterocycles. The largest absolute Gasteiger partial charge is 0.489 e. The van der Waals surface area contributed by atoms with Crippen LogP contribution in [0.1, 0.15) is 29.9 Å². The number of pyridine rings is 1. The van der Waals surface area contributed by atoms with Crippen LogP contribution in [0.5, 0.6) is 23.0 Å². The first-order chi connectivity index (χ1) is 13.6. The fraction of sp³-hybridized carbons (Fsp3) is 0.389. The van der Waals surface area contributed by atoms with Gasteiger partial charge in [0.05, 0.1) is 31.2 Å². The molecule has 1 aliphatic carbocycles.